The van der Waals surface area contributed by atoms with E-state index in [9.17, 15) is 4.79 Å². The second kappa shape index (κ2) is 12.8. The Labute approximate surface area is 216 Å². The maximum absolute atomic E-state index is 12.0. The molecule has 184 valence electrons. The van der Waals surface area contributed by atoms with E-state index >= 15 is 0 Å². The summed E-state index contributed by atoms with van der Waals surface area (Å²) in [4.78, 5) is 17.7. The molecule has 7 heteroatoms. The summed E-state index contributed by atoms with van der Waals surface area (Å²) in [6.07, 6.45) is 6.01. The molecular formula is C28H32ClN3O2S. The fourth-order valence-electron chi connectivity index (χ4n) is 4.12. The Morgan fingerprint density at radius 1 is 1.06 bits per heavy atom. The Morgan fingerprint density at radius 3 is 2.77 bits per heavy atom. The van der Waals surface area contributed by atoms with E-state index in [1.807, 2.05) is 48.7 Å². The molecule has 0 spiro atoms. The van der Waals surface area contributed by atoms with Crippen molar-refractivity contribution in [2.75, 3.05) is 13.2 Å². The number of unbranched alkanes of at least 4 members (excludes halogenated alkanes) is 3. The van der Waals surface area contributed by atoms with Gasteiger partial charge < -0.3 is 14.6 Å². The zero-order valence-corrected chi connectivity index (χ0v) is 21.7. The first-order valence-electron chi connectivity index (χ1n) is 12.3. The maximum atomic E-state index is 12.0. The fourth-order valence-corrected chi connectivity index (χ4v) is 4.87. The van der Waals surface area contributed by atoms with Crippen molar-refractivity contribution < 1.29 is 9.53 Å². The molecule has 2 aromatic heterocycles. The molecule has 0 fully saturated rings. The molecule has 0 saturated heterocycles. The average molecular weight is 510 g/mol. The molecule has 35 heavy (non-hydrogen) atoms. The number of aryl methyl sites for hydroxylation is 3. The van der Waals surface area contributed by atoms with Gasteiger partial charge in [-0.25, -0.2) is 4.98 Å². The molecule has 0 atom stereocenters. The van der Waals surface area contributed by atoms with E-state index in [1.165, 1.54) is 16.9 Å². The Balaban J connectivity index is 1.22. The van der Waals surface area contributed by atoms with Crippen molar-refractivity contribution in [3.8, 4) is 5.75 Å². The van der Waals surface area contributed by atoms with Crippen LogP contribution in [-0.4, -0.2) is 28.6 Å². The molecule has 2 heterocycles. The minimum Gasteiger partial charge on any atom is -0.494 e. The third kappa shape index (κ3) is 7.09. The maximum Gasteiger partial charge on any atom is 0.261 e. The van der Waals surface area contributed by atoms with Gasteiger partial charge in [-0.05, 0) is 79.9 Å². The minimum absolute atomic E-state index is 0.0250. The van der Waals surface area contributed by atoms with Crippen LogP contribution in [0.25, 0.3) is 11.0 Å². The second-order valence-electron chi connectivity index (χ2n) is 8.68. The van der Waals surface area contributed by atoms with Crippen LogP contribution in [0.4, 0.5) is 0 Å². The summed E-state index contributed by atoms with van der Waals surface area (Å²) in [5.41, 5.74) is 3.28. The van der Waals surface area contributed by atoms with E-state index in [-0.39, 0.29) is 5.91 Å². The van der Waals surface area contributed by atoms with Crippen LogP contribution in [0.1, 0.15) is 53.2 Å². The number of halogens is 1. The molecule has 0 aliphatic carbocycles. The topological polar surface area (TPSA) is 56.1 Å². The summed E-state index contributed by atoms with van der Waals surface area (Å²) in [7, 11) is 0. The Bertz CT molecular complexity index is 1240. The van der Waals surface area contributed by atoms with Crippen LogP contribution in [0.2, 0.25) is 5.02 Å². The van der Waals surface area contributed by atoms with E-state index in [0.717, 1.165) is 77.6 Å². The van der Waals surface area contributed by atoms with Gasteiger partial charge in [-0.15, -0.1) is 11.3 Å². The number of fused-ring (bicyclic) bond motifs is 1. The van der Waals surface area contributed by atoms with Gasteiger partial charge in [0, 0.05) is 24.5 Å². The minimum atomic E-state index is 0.0250. The summed E-state index contributed by atoms with van der Waals surface area (Å²) in [6, 6.07) is 17.9. The first-order chi connectivity index (χ1) is 17.1. The molecule has 0 aliphatic rings. The Morgan fingerprint density at radius 2 is 1.94 bits per heavy atom. The van der Waals surface area contributed by atoms with Gasteiger partial charge in [-0.2, -0.15) is 0 Å². The third-order valence-corrected chi connectivity index (χ3v) is 7.31. The van der Waals surface area contributed by atoms with Gasteiger partial charge in [0.05, 0.1) is 22.5 Å². The van der Waals surface area contributed by atoms with E-state index in [4.69, 9.17) is 21.3 Å². The van der Waals surface area contributed by atoms with Crippen LogP contribution in [-0.2, 0) is 13.0 Å². The first-order valence-corrected chi connectivity index (χ1v) is 13.5. The van der Waals surface area contributed by atoms with Gasteiger partial charge >= 0.3 is 0 Å². The van der Waals surface area contributed by atoms with Crippen molar-refractivity contribution >= 4 is 39.9 Å². The number of nitrogens with zero attached hydrogens (tertiary/aromatic N) is 2. The normalized spacial score (nSPS) is 11.1. The lowest BCUT2D eigenvalue weighted by molar-refractivity contribution is 0.0957. The zero-order valence-electron chi connectivity index (χ0n) is 20.1. The summed E-state index contributed by atoms with van der Waals surface area (Å²) >= 11 is 7.57. The summed E-state index contributed by atoms with van der Waals surface area (Å²) in [5.74, 6) is 2.03. The van der Waals surface area contributed by atoms with Crippen LogP contribution in [0.3, 0.4) is 0 Å². The lowest BCUT2D eigenvalue weighted by Gasteiger charge is -2.11. The lowest BCUT2D eigenvalue weighted by atomic mass is 10.2. The van der Waals surface area contributed by atoms with Crippen molar-refractivity contribution in [1.29, 1.82) is 0 Å². The second-order valence-corrected chi connectivity index (χ2v) is 10.0. The number of ether oxygens (including phenoxy) is 1. The number of rotatable bonds is 13. The molecular weight excluding hydrogens is 478 g/mol. The third-order valence-electron chi connectivity index (χ3n) is 6.02. The van der Waals surface area contributed by atoms with E-state index in [1.54, 1.807) is 0 Å². The number of nitrogens with one attached hydrogen (secondary N) is 1. The number of carbonyl (C=O) groups is 1. The van der Waals surface area contributed by atoms with E-state index in [0.29, 0.717) is 13.2 Å². The Hall–Kier alpha value is -2.83. The van der Waals surface area contributed by atoms with Gasteiger partial charge in [0.1, 0.15) is 11.6 Å². The highest BCUT2D eigenvalue weighted by molar-refractivity contribution is 7.12. The largest absolute Gasteiger partial charge is 0.494 e. The van der Waals surface area contributed by atoms with Crippen molar-refractivity contribution in [3.63, 3.8) is 0 Å². The standard InChI is InChI=1S/C28H32ClN3O2S/c1-21-20-22(14-15-23(21)29)34-18-8-7-17-32-25-11-5-4-10-24(25)31-27(32)13-3-2-6-16-30-28(33)26-12-9-19-35-26/h4-5,9-12,14-15,19-20H,2-3,6-8,13,16-18H2,1H3,(H,30,33). The first kappa shape index (κ1) is 25.3. The highest BCUT2D eigenvalue weighted by atomic mass is 35.5. The van der Waals surface area contributed by atoms with Gasteiger partial charge in [-0.1, -0.05) is 36.2 Å². The van der Waals surface area contributed by atoms with E-state index in [2.05, 4.69) is 28.1 Å². The number of imidazole rings is 1. The highest BCUT2D eigenvalue weighted by Gasteiger charge is 2.10. The molecule has 1 amide bonds. The number of hydrogen-bond acceptors (Lipinski definition) is 4. The number of hydrogen-bond donors (Lipinski definition) is 1. The molecule has 2 aromatic carbocycles. The van der Waals surface area contributed by atoms with Gasteiger partial charge in [0.15, 0.2) is 0 Å². The molecule has 4 rings (SSSR count). The van der Waals surface area contributed by atoms with Crippen molar-refractivity contribution in [1.82, 2.24) is 14.9 Å². The predicted octanol–water partition coefficient (Wildman–Crippen LogP) is 7.06. The van der Waals surface area contributed by atoms with Crippen LogP contribution < -0.4 is 10.1 Å². The number of para-hydroxylation sites is 2. The summed E-state index contributed by atoms with van der Waals surface area (Å²) in [6.45, 7) is 4.30. The molecule has 5 nitrogen and oxygen atoms in total. The Kier molecular flexibility index (Phi) is 9.21. The lowest BCUT2D eigenvalue weighted by Crippen LogP contribution is -2.23. The summed E-state index contributed by atoms with van der Waals surface area (Å²) < 4.78 is 8.27. The van der Waals surface area contributed by atoms with Gasteiger partial charge in [0.25, 0.3) is 5.91 Å². The molecule has 0 bridgehead atoms. The SMILES string of the molecule is Cc1cc(OCCCCn2c(CCCCCNC(=O)c3cccs3)nc3ccccc32)ccc1Cl. The number of aromatic nitrogens is 2. The van der Waals surface area contributed by atoms with Crippen LogP contribution in [0, 0.1) is 6.92 Å². The average Bonchev–Trinajstić information content (AvgIpc) is 3.52. The molecule has 0 unspecified atom stereocenters. The van der Waals surface area contributed by atoms with Crippen molar-refractivity contribution in [2.45, 2.75) is 52.0 Å². The fraction of sp³-hybridized carbons (Fsp3) is 0.357. The quantitative estimate of drug-likeness (QED) is 0.196. The highest BCUT2D eigenvalue weighted by Crippen LogP contribution is 2.22. The van der Waals surface area contributed by atoms with Crippen molar-refractivity contribution in [3.05, 3.63) is 81.3 Å². The monoisotopic (exact) mass is 509 g/mol. The summed E-state index contributed by atoms with van der Waals surface area (Å²) in [5, 5.41) is 5.70. The molecule has 4 aromatic rings. The number of benzene rings is 2. The number of thiophene rings is 1. The molecule has 0 aliphatic heterocycles. The predicted molar refractivity (Wildman–Crippen MR) is 145 cm³/mol. The van der Waals surface area contributed by atoms with Crippen molar-refractivity contribution in [2.24, 2.45) is 0 Å². The number of amides is 1. The van der Waals surface area contributed by atoms with Crippen LogP contribution >= 0.6 is 22.9 Å². The van der Waals surface area contributed by atoms with Gasteiger partial charge in [-0.3, -0.25) is 4.79 Å². The van der Waals surface area contributed by atoms with Crippen LogP contribution in [0.15, 0.2) is 60.0 Å². The molecule has 0 radical (unpaired) electrons. The molecule has 0 saturated carbocycles. The van der Waals surface area contributed by atoms with Gasteiger partial charge in [0.2, 0.25) is 0 Å². The smallest absolute Gasteiger partial charge is 0.261 e. The van der Waals surface area contributed by atoms with E-state index < -0.39 is 0 Å². The zero-order chi connectivity index (χ0) is 24.5. The van der Waals surface area contributed by atoms with Crippen LogP contribution in [0.5, 0.6) is 5.75 Å². The number of carbonyl (C=O) groups excluding carboxylic acids is 1. The molecule has 1 N–H and O–H groups in total.